The zero-order chi connectivity index (χ0) is 9.56. The van der Waals surface area contributed by atoms with E-state index in [1.807, 2.05) is 13.8 Å². The molecule has 0 heterocycles. The van der Waals surface area contributed by atoms with Crippen molar-refractivity contribution in [2.24, 2.45) is 0 Å². The molecule has 0 spiro atoms. The monoisotopic (exact) mass is 175 g/mol. The van der Waals surface area contributed by atoms with E-state index in [-0.39, 0.29) is 25.1 Å². The van der Waals surface area contributed by atoms with Crippen molar-refractivity contribution in [3.8, 4) is 0 Å². The van der Waals surface area contributed by atoms with Crippen LogP contribution in [-0.4, -0.2) is 34.9 Å². The molecule has 0 aromatic rings. The third kappa shape index (κ3) is 6.12. The molecule has 2 unspecified atom stereocenters. The van der Waals surface area contributed by atoms with Crippen LogP contribution in [0.25, 0.3) is 0 Å². The Hall–Kier alpha value is -0.610. The Morgan fingerprint density at radius 2 is 2.00 bits per heavy atom. The largest absolute Gasteiger partial charge is 0.481 e. The van der Waals surface area contributed by atoms with Crippen LogP contribution in [0, 0.1) is 0 Å². The molecular weight excluding hydrogens is 158 g/mol. The van der Waals surface area contributed by atoms with Crippen molar-refractivity contribution < 1.29 is 15.0 Å². The third-order valence-corrected chi connectivity index (χ3v) is 1.61. The van der Waals surface area contributed by atoms with Crippen LogP contribution in [0.4, 0.5) is 0 Å². The highest BCUT2D eigenvalue weighted by Crippen LogP contribution is 1.95. The topological polar surface area (TPSA) is 69.6 Å². The maximum absolute atomic E-state index is 10.3. The van der Waals surface area contributed by atoms with Crippen molar-refractivity contribution in [1.29, 1.82) is 0 Å². The van der Waals surface area contributed by atoms with Gasteiger partial charge in [0.25, 0.3) is 0 Å². The van der Waals surface area contributed by atoms with Crippen molar-refractivity contribution in [1.82, 2.24) is 5.32 Å². The molecular formula is C8H17NO3. The van der Waals surface area contributed by atoms with Crippen LogP contribution in [0.15, 0.2) is 0 Å². The number of hydrogen-bond donors (Lipinski definition) is 3. The first-order valence-electron chi connectivity index (χ1n) is 4.15. The maximum Gasteiger partial charge on any atom is 0.304 e. The minimum absolute atomic E-state index is 0.0379. The normalized spacial score (nSPS) is 15.6. The number of nitrogens with one attached hydrogen (secondary N) is 1. The number of aliphatic hydroxyl groups excluding tert-OH is 1. The van der Waals surface area contributed by atoms with Gasteiger partial charge in [0.2, 0.25) is 0 Å². The van der Waals surface area contributed by atoms with Crippen LogP contribution in [-0.2, 0) is 4.79 Å². The second-order valence-corrected chi connectivity index (χ2v) is 3.08. The highest BCUT2D eigenvalue weighted by atomic mass is 16.4. The SMILES string of the molecule is CC(CCO)NC(C)CC(=O)O. The average Bonchev–Trinajstić information content (AvgIpc) is 1.84. The van der Waals surface area contributed by atoms with Gasteiger partial charge >= 0.3 is 5.97 Å². The number of rotatable bonds is 6. The predicted molar refractivity (Wildman–Crippen MR) is 46.0 cm³/mol. The Labute approximate surface area is 72.6 Å². The minimum atomic E-state index is -0.800. The molecule has 2 atom stereocenters. The summed E-state index contributed by atoms with van der Waals surface area (Å²) in [4.78, 5) is 10.3. The van der Waals surface area contributed by atoms with Gasteiger partial charge < -0.3 is 15.5 Å². The van der Waals surface area contributed by atoms with Gasteiger partial charge in [0.05, 0.1) is 6.42 Å². The molecule has 0 aliphatic rings. The van der Waals surface area contributed by atoms with Crippen LogP contribution < -0.4 is 5.32 Å². The van der Waals surface area contributed by atoms with E-state index in [9.17, 15) is 4.79 Å². The third-order valence-electron chi connectivity index (χ3n) is 1.61. The smallest absolute Gasteiger partial charge is 0.304 e. The van der Waals surface area contributed by atoms with E-state index in [2.05, 4.69) is 5.32 Å². The first-order valence-corrected chi connectivity index (χ1v) is 4.15. The zero-order valence-electron chi connectivity index (χ0n) is 7.58. The Morgan fingerprint density at radius 3 is 2.42 bits per heavy atom. The van der Waals surface area contributed by atoms with E-state index in [4.69, 9.17) is 10.2 Å². The molecule has 0 aliphatic heterocycles. The number of aliphatic carboxylic acids is 1. The molecule has 4 nitrogen and oxygen atoms in total. The predicted octanol–water partition coefficient (Wildman–Crippen LogP) is 0.210. The number of aliphatic hydroxyl groups is 1. The van der Waals surface area contributed by atoms with Crippen molar-refractivity contribution in [3.05, 3.63) is 0 Å². The lowest BCUT2D eigenvalue weighted by molar-refractivity contribution is -0.137. The van der Waals surface area contributed by atoms with E-state index in [0.29, 0.717) is 6.42 Å². The second-order valence-electron chi connectivity index (χ2n) is 3.08. The number of hydrogen-bond acceptors (Lipinski definition) is 3. The Morgan fingerprint density at radius 1 is 1.42 bits per heavy atom. The van der Waals surface area contributed by atoms with E-state index in [1.54, 1.807) is 0 Å². The Balaban J connectivity index is 3.53. The summed E-state index contributed by atoms with van der Waals surface area (Å²) in [5, 5.41) is 20.1. The molecule has 0 fully saturated rings. The number of carboxylic acid groups (broad SMARTS) is 1. The lowest BCUT2D eigenvalue weighted by Crippen LogP contribution is -2.36. The van der Waals surface area contributed by atoms with E-state index < -0.39 is 5.97 Å². The highest BCUT2D eigenvalue weighted by molar-refractivity contribution is 5.67. The molecule has 0 amide bonds. The molecule has 72 valence electrons. The van der Waals surface area contributed by atoms with Gasteiger partial charge in [0.1, 0.15) is 0 Å². The summed E-state index contributed by atoms with van der Waals surface area (Å²) in [6.07, 6.45) is 0.778. The quantitative estimate of drug-likeness (QED) is 0.539. The van der Waals surface area contributed by atoms with Gasteiger partial charge in [0.15, 0.2) is 0 Å². The molecule has 4 heteroatoms. The van der Waals surface area contributed by atoms with Crippen LogP contribution in [0.2, 0.25) is 0 Å². The summed E-state index contributed by atoms with van der Waals surface area (Å²) in [5.41, 5.74) is 0. The molecule has 0 aromatic heterocycles. The lowest BCUT2D eigenvalue weighted by Gasteiger charge is -2.17. The first-order chi connectivity index (χ1) is 5.56. The van der Waals surface area contributed by atoms with Crippen LogP contribution in [0.3, 0.4) is 0 Å². The van der Waals surface area contributed by atoms with Crippen LogP contribution in [0.1, 0.15) is 26.7 Å². The zero-order valence-corrected chi connectivity index (χ0v) is 7.58. The van der Waals surface area contributed by atoms with E-state index >= 15 is 0 Å². The Kier molecular flexibility index (Phi) is 5.66. The van der Waals surface area contributed by atoms with Crippen molar-refractivity contribution in [2.45, 2.75) is 38.8 Å². The average molecular weight is 175 g/mol. The van der Waals surface area contributed by atoms with Gasteiger partial charge in [-0.1, -0.05) is 0 Å². The summed E-state index contributed by atoms with van der Waals surface area (Å²) >= 11 is 0. The fourth-order valence-electron chi connectivity index (χ4n) is 1.08. The fourth-order valence-corrected chi connectivity index (χ4v) is 1.08. The maximum atomic E-state index is 10.3. The van der Waals surface area contributed by atoms with E-state index in [1.165, 1.54) is 0 Å². The molecule has 12 heavy (non-hydrogen) atoms. The van der Waals surface area contributed by atoms with Crippen LogP contribution in [0.5, 0.6) is 0 Å². The molecule has 0 bridgehead atoms. The van der Waals surface area contributed by atoms with Crippen LogP contribution >= 0.6 is 0 Å². The van der Waals surface area contributed by atoms with Crippen molar-refractivity contribution >= 4 is 5.97 Å². The van der Waals surface area contributed by atoms with Crippen molar-refractivity contribution in [3.63, 3.8) is 0 Å². The lowest BCUT2D eigenvalue weighted by atomic mass is 10.2. The van der Waals surface area contributed by atoms with Gasteiger partial charge in [-0.3, -0.25) is 4.79 Å². The second kappa shape index (κ2) is 5.97. The van der Waals surface area contributed by atoms with Gasteiger partial charge in [-0.05, 0) is 20.3 Å². The summed E-state index contributed by atoms with van der Waals surface area (Å²) in [6, 6.07) is 0.133. The molecule has 0 saturated carbocycles. The van der Waals surface area contributed by atoms with Gasteiger partial charge in [-0.25, -0.2) is 0 Å². The fraction of sp³-hybridized carbons (Fsp3) is 0.875. The highest BCUT2D eigenvalue weighted by Gasteiger charge is 2.09. The standard InChI is InChI=1S/C8H17NO3/c1-6(3-4-10)9-7(2)5-8(11)12/h6-7,9-10H,3-5H2,1-2H3,(H,11,12). The molecule has 3 N–H and O–H groups in total. The van der Waals surface area contributed by atoms with Gasteiger partial charge in [0, 0.05) is 18.7 Å². The van der Waals surface area contributed by atoms with Gasteiger partial charge in [-0.15, -0.1) is 0 Å². The molecule has 0 aromatic carbocycles. The summed E-state index contributed by atoms with van der Waals surface area (Å²) < 4.78 is 0. The van der Waals surface area contributed by atoms with E-state index in [0.717, 1.165) is 0 Å². The molecule has 0 radical (unpaired) electrons. The molecule has 0 saturated heterocycles. The summed E-state index contributed by atoms with van der Waals surface area (Å²) in [6.45, 7) is 3.88. The molecule has 0 aliphatic carbocycles. The number of carboxylic acids is 1. The minimum Gasteiger partial charge on any atom is -0.481 e. The first kappa shape index (κ1) is 11.4. The Bertz CT molecular complexity index is 138. The number of carbonyl (C=O) groups is 1. The summed E-state index contributed by atoms with van der Waals surface area (Å²) in [5.74, 6) is -0.800. The molecule has 0 rings (SSSR count). The van der Waals surface area contributed by atoms with Crippen molar-refractivity contribution in [2.75, 3.05) is 6.61 Å². The summed E-state index contributed by atoms with van der Waals surface area (Å²) in [7, 11) is 0. The van der Waals surface area contributed by atoms with Gasteiger partial charge in [-0.2, -0.15) is 0 Å².